The van der Waals surface area contributed by atoms with Gasteiger partial charge in [0.1, 0.15) is 0 Å². The Hall–Kier alpha value is -2.09. The van der Waals surface area contributed by atoms with Gasteiger partial charge in [0.2, 0.25) is 5.95 Å². The van der Waals surface area contributed by atoms with E-state index in [1.54, 1.807) is 11.9 Å². The summed E-state index contributed by atoms with van der Waals surface area (Å²) in [6.45, 7) is 6.10. The summed E-state index contributed by atoms with van der Waals surface area (Å²) in [6, 6.07) is 0. The van der Waals surface area contributed by atoms with Gasteiger partial charge in [0.25, 0.3) is 5.56 Å². The fourth-order valence-corrected chi connectivity index (χ4v) is 4.70. The number of anilines is 1. The molecular weight excluding hydrogens is 356 g/mol. The van der Waals surface area contributed by atoms with Crippen molar-refractivity contribution in [2.24, 2.45) is 7.05 Å². The van der Waals surface area contributed by atoms with E-state index in [1.807, 2.05) is 0 Å². The van der Waals surface area contributed by atoms with E-state index in [9.17, 15) is 9.59 Å². The number of fused-ring (bicyclic) bond motifs is 1. The Labute approximate surface area is 165 Å². The Bertz CT molecular complexity index is 911. The third-order valence-corrected chi connectivity index (χ3v) is 6.38. The number of hydrogen-bond donors (Lipinski definition) is 2. The largest absolute Gasteiger partial charge is 0.342 e. The lowest BCUT2D eigenvalue weighted by atomic mass is 10.2. The fraction of sp³-hybridized carbons (Fsp3) is 0.750. The summed E-state index contributed by atoms with van der Waals surface area (Å²) < 4.78 is 3.55. The molecule has 8 heteroatoms. The lowest BCUT2D eigenvalue weighted by molar-refractivity contribution is -0.899. The van der Waals surface area contributed by atoms with Crippen LogP contribution in [0.4, 0.5) is 5.95 Å². The molecule has 2 saturated heterocycles. The van der Waals surface area contributed by atoms with Crippen LogP contribution >= 0.6 is 0 Å². The second-order valence-electron chi connectivity index (χ2n) is 8.37. The summed E-state index contributed by atoms with van der Waals surface area (Å²) >= 11 is 0. The third kappa shape index (κ3) is 3.87. The van der Waals surface area contributed by atoms with E-state index < -0.39 is 5.69 Å². The number of nitrogens with zero attached hydrogens (tertiary/aromatic N) is 4. The van der Waals surface area contributed by atoms with Crippen LogP contribution in [-0.4, -0.2) is 51.8 Å². The van der Waals surface area contributed by atoms with Crippen LogP contribution < -0.4 is 21.0 Å². The molecule has 2 aliphatic heterocycles. The molecule has 2 fully saturated rings. The van der Waals surface area contributed by atoms with Crippen LogP contribution in [0.5, 0.6) is 0 Å². The maximum Gasteiger partial charge on any atom is 0.329 e. The Morgan fingerprint density at radius 1 is 0.964 bits per heavy atom. The Kier molecular flexibility index (Phi) is 5.85. The van der Waals surface area contributed by atoms with Gasteiger partial charge < -0.3 is 9.80 Å². The number of hydrogen-bond acceptors (Lipinski definition) is 4. The average Bonchev–Trinajstić information content (AvgIpc) is 2.90. The zero-order valence-corrected chi connectivity index (χ0v) is 17.0. The molecule has 2 aliphatic rings. The fourth-order valence-electron chi connectivity index (χ4n) is 4.70. The van der Waals surface area contributed by atoms with E-state index in [0.29, 0.717) is 11.2 Å². The first-order valence-corrected chi connectivity index (χ1v) is 10.9. The van der Waals surface area contributed by atoms with Crippen molar-refractivity contribution < 1.29 is 4.90 Å². The molecule has 0 spiro atoms. The van der Waals surface area contributed by atoms with Crippen LogP contribution in [0.25, 0.3) is 11.2 Å². The van der Waals surface area contributed by atoms with Gasteiger partial charge in [0, 0.05) is 20.1 Å². The minimum atomic E-state index is -0.400. The van der Waals surface area contributed by atoms with E-state index in [0.717, 1.165) is 45.0 Å². The molecule has 0 aromatic carbocycles. The topological polar surface area (TPSA) is 80.4 Å². The molecule has 0 bridgehead atoms. The quantitative estimate of drug-likeness (QED) is 0.786. The van der Waals surface area contributed by atoms with Crippen molar-refractivity contribution in [3.8, 4) is 0 Å². The van der Waals surface area contributed by atoms with Crippen LogP contribution in [0, 0.1) is 0 Å². The van der Waals surface area contributed by atoms with E-state index >= 15 is 0 Å². The second-order valence-corrected chi connectivity index (χ2v) is 8.37. The first kappa shape index (κ1) is 19.2. The summed E-state index contributed by atoms with van der Waals surface area (Å²) in [4.78, 5) is 36.0. The first-order chi connectivity index (χ1) is 13.6. The van der Waals surface area contributed by atoms with Gasteiger partial charge in [0.05, 0.1) is 26.2 Å². The maximum atomic E-state index is 12.7. The van der Waals surface area contributed by atoms with Crippen molar-refractivity contribution in [3.05, 3.63) is 20.8 Å². The molecule has 0 radical (unpaired) electrons. The van der Waals surface area contributed by atoms with E-state index in [4.69, 9.17) is 4.98 Å². The predicted molar refractivity (Wildman–Crippen MR) is 110 cm³/mol. The van der Waals surface area contributed by atoms with Gasteiger partial charge in [-0.25, -0.2) is 4.79 Å². The number of aromatic amines is 1. The zero-order valence-electron chi connectivity index (χ0n) is 17.0. The lowest BCUT2D eigenvalue weighted by Crippen LogP contribution is -3.12. The summed E-state index contributed by atoms with van der Waals surface area (Å²) in [5.41, 5.74) is 0.315. The number of H-pyrrole nitrogens is 1. The molecule has 4 rings (SSSR count). The molecule has 8 nitrogen and oxygen atoms in total. The Morgan fingerprint density at radius 2 is 1.61 bits per heavy atom. The monoisotopic (exact) mass is 389 g/mol. The van der Waals surface area contributed by atoms with E-state index in [-0.39, 0.29) is 5.56 Å². The Balaban J connectivity index is 1.72. The summed E-state index contributed by atoms with van der Waals surface area (Å²) in [7, 11) is 1.68. The molecule has 0 atom stereocenters. The van der Waals surface area contributed by atoms with Crippen LogP contribution in [0.15, 0.2) is 9.59 Å². The van der Waals surface area contributed by atoms with Crippen molar-refractivity contribution in [1.29, 1.82) is 0 Å². The molecule has 0 unspecified atom stereocenters. The second kappa shape index (κ2) is 8.51. The molecule has 4 heterocycles. The number of aryl methyl sites for hydroxylation is 1. The molecule has 0 amide bonds. The van der Waals surface area contributed by atoms with E-state index in [2.05, 4.69) is 14.5 Å². The predicted octanol–water partition coefficient (Wildman–Crippen LogP) is 0.263. The molecular formula is C20H33N6O2+. The van der Waals surface area contributed by atoms with Gasteiger partial charge in [-0.1, -0.05) is 12.8 Å². The third-order valence-electron chi connectivity index (χ3n) is 6.38. The van der Waals surface area contributed by atoms with Gasteiger partial charge in [-0.05, 0) is 38.5 Å². The zero-order chi connectivity index (χ0) is 19.5. The lowest BCUT2D eigenvalue weighted by Gasteiger charge is -2.24. The van der Waals surface area contributed by atoms with E-state index in [1.165, 1.54) is 56.2 Å². The number of aromatic nitrogens is 4. The Morgan fingerprint density at radius 3 is 2.29 bits per heavy atom. The van der Waals surface area contributed by atoms with Gasteiger partial charge in [-0.3, -0.25) is 18.9 Å². The first-order valence-electron chi connectivity index (χ1n) is 10.9. The smallest absolute Gasteiger partial charge is 0.329 e. The SMILES string of the molecule is Cn1c(=O)[nH]c(=O)c2c1nc(N1CCCCCC1)n2CC[NH+]1CCCCCC1. The highest BCUT2D eigenvalue weighted by atomic mass is 16.2. The van der Waals surface area contributed by atoms with Crippen LogP contribution in [0.2, 0.25) is 0 Å². The molecule has 2 N–H and O–H groups in total. The number of imidazole rings is 1. The molecule has 2 aromatic rings. The number of nitrogens with one attached hydrogen (secondary N) is 2. The number of likely N-dealkylation sites (tertiary alicyclic amines) is 1. The maximum absolute atomic E-state index is 12.7. The summed E-state index contributed by atoms with van der Waals surface area (Å²) in [6.07, 6.45) is 10.0. The molecule has 28 heavy (non-hydrogen) atoms. The van der Waals surface area contributed by atoms with Crippen molar-refractivity contribution in [2.45, 2.75) is 57.9 Å². The van der Waals surface area contributed by atoms with Gasteiger partial charge in [-0.15, -0.1) is 0 Å². The normalized spacial score (nSPS) is 19.7. The highest BCUT2D eigenvalue weighted by molar-refractivity contribution is 5.74. The van der Waals surface area contributed by atoms with Crippen LogP contribution in [0.3, 0.4) is 0 Å². The minimum absolute atomic E-state index is 0.322. The van der Waals surface area contributed by atoms with Gasteiger partial charge in [-0.2, -0.15) is 4.98 Å². The summed E-state index contributed by atoms with van der Waals surface area (Å²) in [5.74, 6) is 0.859. The summed E-state index contributed by atoms with van der Waals surface area (Å²) in [5, 5.41) is 0. The standard InChI is InChI=1S/C20H32N6O2/c1-23-17-16(18(27)22-20(23)28)26(15-14-24-10-6-2-3-7-11-24)19(21-17)25-12-8-4-5-9-13-25/h2-15H2,1H3,(H,22,27,28)/p+1. The highest BCUT2D eigenvalue weighted by Gasteiger charge is 2.23. The molecule has 0 aliphatic carbocycles. The highest BCUT2D eigenvalue weighted by Crippen LogP contribution is 2.22. The van der Waals surface area contributed by atoms with Crippen molar-refractivity contribution in [1.82, 2.24) is 19.1 Å². The minimum Gasteiger partial charge on any atom is -0.342 e. The van der Waals surface area contributed by atoms with Gasteiger partial charge >= 0.3 is 5.69 Å². The molecule has 154 valence electrons. The van der Waals surface area contributed by atoms with Gasteiger partial charge in [0.15, 0.2) is 11.2 Å². The van der Waals surface area contributed by atoms with Crippen LogP contribution in [-0.2, 0) is 13.6 Å². The average molecular weight is 390 g/mol. The number of quaternary nitrogens is 1. The van der Waals surface area contributed by atoms with Crippen molar-refractivity contribution >= 4 is 17.1 Å². The number of rotatable bonds is 4. The van der Waals surface area contributed by atoms with Crippen LogP contribution in [0.1, 0.15) is 51.4 Å². The van der Waals surface area contributed by atoms with Crippen molar-refractivity contribution in [3.63, 3.8) is 0 Å². The van der Waals surface area contributed by atoms with Crippen molar-refractivity contribution in [2.75, 3.05) is 37.6 Å². The molecule has 0 saturated carbocycles. The molecule has 2 aromatic heterocycles.